The fraction of sp³-hybridized carbons (Fsp3) is 0.0909. The van der Waals surface area contributed by atoms with Gasteiger partial charge in [-0.3, -0.25) is 4.98 Å². The van der Waals surface area contributed by atoms with Crippen LogP contribution in [0.2, 0.25) is 5.28 Å². The fourth-order valence-corrected chi connectivity index (χ4v) is 1.53. The lowest BCUT2D eigenvalue weighted by molar-refractivity contribution is -0.141. The third kappa shape index (κ3) is 2.98. The molecule has 0 saturated heterocycles. The second-order valence-corrected chi connectivity index (χ2v) is 3.82. The fourth-order valence-electron chi connectivity index (χ4n) is 1.35. The zero-order valence-corrected chi connectivity index (χ0v) is 9.87. The predicted molar refractivity (Wildman–Crippen MR) is 60.0 cm³/mol. The van der Waals surface area contributed by atoms with Crippen molar-refractivity contribution in [3.05, 3.63) is 41.1 Å². The molecule has 2 rings (SSSR count). The van der Waals surface area contributed by atoms with E-state index in [1.165, 1.54) is 18.5 Å². The van der Waals surface area contributed by atoms with Crippen LogP contribution in [-0.2, 0) is 6.18 Å². The van der Waals surface area contributed by atoms with Crippen LogP contribution in [0.3, 0.4) is 0 Å². The van der Waals surface area contributed by atoms with E-state index in [4.69, 9.17) is 16.9 Å². The summed E-state index contributed by atoms with van der Waals surface area (Å²) in [5.41, 5.74) is -0.726. The molecule has 0 saturated carbocycles. The molecule has 4 nitrogen and oxygen atoms in total. The molecular weight excluding hydrogens is 281 g/mol. The third-order valence-electron chi connectivity index (χ3n) is 2.15. The number of hydrogen-bond donors (Lipinski definition) is 0. The second kappa shape index (κ2) is 4.82. The second-order valence-electron chi connectivity index (χ2n) is 3.48. The Morgan fingerprint density at radius 2 is 1.89 bits per heavy atom. The molecule has 0 aromatic carbocycles. The van der Waals surface area contributed by atoms with Gasteiger partial charge in [0, 0.05) is 18.0 Å². The third-order valence-corrected chi connectivity index (χ3v) is 2.32. The van der Waals surface area contributed by atoms with Crippen molar-refractivity contribution in [1.29, 1.82) is 5.26 Å². The lowest BCUT2D eigenvalue weighted by Crippen LogP contribution is -2.09. The number of halogens is 4. The summed E-state index contributed by atoms with van der Waals surface area (Å²) in [4.78, 5) is 10.6. The van der Waals surface area contributed by atoms with Crippen LogP contribution in [0.25, 0.3) is 11.3 Å². The first-order valence-electron chi connectivity index (χ1n) is 4.87. The number of alkyl halides is 3. The lowest BCUT2D eigenvalue weighted by Gasteiger charge is -2.08. The van der Waals surface area contributed by atoms with E-state index in [1.807, 2.05) is 6.07 Å². The van der Waals surface area contributed by atoms with E-state index in [1.54, 1.807) is 0 Å². The van der Waals surface area contributed by atoms with Crippen LogP contribution in [0.15, 0.2) is 24.5 Å². The van der Waals surface area contributed by atoms with Crippen molar-refractivity contribution >= 4 is 11.6 Å². The van der Waals surface area contributed by atoms with Gasteiger partial charge in [0.05, 0.1) is 11.3 Å². The molecule has 0 amide bonds. The van der Waals surface area contributed by atoms with Crippen molar-refractivity contribution in [3.8, 4) is 17.3 Å². The molecule has 8 heteroatoms. The summed E-state index contributed by atoms with van der Waals surface area (Å²) in [6.45, 7) is 0. The standard InChI is InChI=1S/C11H4ClF3N4/c12-10-18-8(2-9(19-10)11(13,14)15)7-1-6(3-16)4-17-5-7/h1-2,4-5H. The van der Waals surface area contributed by atoms with Gasteiger partial charge in [-0.15, -0.1) is 0 Å². The Bertz CT molecular complexity index is 664. The van der Waals surface area contributed by atoms with Gasteiger partial charge in [0.2, 0.25) is 5.28 Å². The summed E-state index contributed by atoms with van der Waals surface area (Å²) in [5.74, 6) is 0. The number of rotatable bonds is 1. The Balaban J connectivity index is 2.57. The van der Waals surface area contributed by atoms with Crippen LogP contribution < -0.4 is 0 Å². The summed E-state index contributed by atoms with van der Waals surface area (Å²) in [5, 5.41) is 8.20. The zero-order chi connectivity index (χ0) is 14.0. The van der Waals surface area contributed by atoms with Crippen LogP contribution >= 0.6 is 11.6 Å². The highest BCUT2D eigenvalue weighted by molar-refractivity contribution is 6.28. The average Bonchev–Trinajstić information content (AvgIpc) is 2.37. The largest absolute Gasteiger partial charge is 0.433 e. The SMILES string of the molecule is N#Cc1cncc(-c2cc(C(F)(F)F)nc(Cl)n2)c1. The van der Waals surface area contributed by atoms with Gasteiger partial charge in [-0.1, -0.05) is 0 Å². The van der Waals surface area contributed by atoms with Gasteiger partial charge in [-0.25, -0.2) is 9.97 Å². The molecule has 96 valence electrons. The first-order valence-corrected chi connectivity index (χ1v) is 5.25. The monoisotopic (exact) mass is 284 g/mol. The molecule has 0 unspecified atom stereocenters. The van der Waals surface area contributed by atoms with Crippen LogP contribution in [0, 0.1) is 11.3 Å². The van der Waals surface area contributed by atoms with Gasteiger partial charge < -0.3 is 0 Å². The van der Waals surface area contributed by atoms with Crippen LogP contribution in [0.4, 0.5) is 13.2 Å². The highest BCUT2D eigenvalue weighted by Gasteiger charge is 2.33. The van der Waals surface area contributed by atoms with Crippen molar-refractivity contribution in [3.63, 3.8) is 0 Å². The van der Waals surface area contributed by atoms with Crippen LogP contribution in [-0.4, -0.2) is 15.0 Å². The summed E-state index contributed by atoms with van der Waals surface area (Å²) in [6.07, 6.45) is -2.04. The highest BCUT2D eigenvalue weighted by Crippen LogP contribution is 2.30. The molecule has 0 atom stereocenters. The number of nitrogens with zero attached hydrogens (tertiary/aromatic N) is 4. The van der Waals surface area contributed by atoms with E-state index in [9.17, 15) is 13.2 Å². The molecule has 0 radical (unpaired) electrons. The van der Waals surface area contributed by atoms with E-state index in [0.717, 1.165) is 6.07 Å². The molecule has 2 aromatic rings. The molecule has 0 bridgehead atoms. The Kier molecular flexibility index (Phi) is 3.36. The van der Waals surface area contributed by atoms with Gasteiger partial charge >= 0.3 is 6.18 Å². The summed E-state index contributed by atoms with van der Waals surface area (Å²) >= 11 is 5.47. The average molecular weight is 285 g/mol. The molecule has 2 aromatic heterocycles. The van der Waals surface area contributed by atoms with Crippen molar-refractivity contribution in [2.45, 2.75) is 6.18 Å². The molecule has 0 aliphatic rings. The Hall–Kier alpha value is -2.20. The first-order chi connectivity index (χ1) is 8.90. The lowest BCUT2D eigenvalue weighted by atomic mass is 10.1. The van der Waals surface area contributed by atoms with Gasteiger partial charge in [0.25, 0.3) is 0 Å². The molecule has 0 spiro atoms. The number of aromatic nitrogens is 3. The smallest absolute Gasteiger partial charge is 0.263 e. The minimum Gasteiger partial charge on any atom is -0.263 e. The van der Waals surface area contributed by atoms with E-state index in [0.29, 0.717) is 0 Å². The molecule has 0 aliphatic carbocycles. The number of pyridine rings is 1. The van der Waals surface area contributed by atoms with E-state index >= 15 is 0 Å². The highest BCUT2D eigenvalue weighted by atomic mass is 35.5. The van der Waals surface area contributed by atoms with E-state index in [-0.39, 0.29) is 16.8 Å². The summed E-state index contributed by atoms with van der Waals surface area (Å²) < 4.78 is 37.8. The molecule has 19 heavy (non-hydrogen) atoms. The van der Waals surface area contributed by atoms with Crippen molar-refractivity contribution in [2.75, 3.05) is 0 Å². The van der Waals surface area contributed by atoms with Gasteiger partial charge in [0.1, 0.15) is 11.8 Å². The molecule has 0 aliphatic heterocycles. The molecule has 0 N–H and O–H groups in total. The predicted octanol–water partition coefficient (Wildman–Crippen LogP) is 3.08. The normalized spacial score (nSPS) is 11.1. The minimum absolute atomic E-state index is 0.0445. The maximum absolute atomic E-state index is 12.6. The molecular formula is C11H4ClF3N4. The first kappa shape index (κ1) is 13.2. The number of hydrogen-bond acceptors (Lipinski definition) is 4. The summed E-state index contributed by atoms with van der Waals surface area (Å²) in [7, 11) is 0. The minimum atomic E-state index is -4.62. The van der Waals surface area contributed by atoms with Crippen LogP contribution in [0.1, 0.15) is 11.3 Å². The molecule has 2 heterocycles. The quantitative estimate of drug-likeness (QED) is 0.755. The van der Waals surface area contributed by atoms with Crippen molar-refractivity contribution in [2.24, 2.45) is 0 Å². The maximum atomic E-state index is 12.6. The van der Waals surface area contributed by atoms with Gasteiger partial charge in [-0.2, -0.15) is 18.4 Å². The van der Waals surface area contributed by atoms with E-state index < -0.39 is 17.2 Å². The topological polar surface area (TPSA) is 62.5 Å². The van der Waals surface area contributed by atoms with Gasteiger partial charge in [-0.05, 0) is 23.7 Å². The molecule has 0 fully saturated rings. The maximum Gasteiger partial charge on any atom is 0.433 e. The Morgan fingerprint density at radius 3 is 2.53 bits per heavy atom. The van der Waals surface area contributed by atoms with Crippen molar-refractivity contribution in [1.82, 2.24) is 15.0 Å². The zero-order valence-electron chi connectivity index (χ0n) is 9.11. The summed E-state index contributed by atoms with van der Waals surface area (Å²) in [6, 6.07) is 3.96. The van der Waals surface area contributed by atoms with Crippen molar-refractivity contribution < 1.29 is 13.2 Å². The van der Waals surface area contributed by atoms with Crippen LogP contribution in [0.5, 0.6) is 0 Å². The number of nitriles is 1. The van der Waals surface area contributed by atoms with E-state index in [2.05, 4.69) is 15.0 Å². The Morgan fingerprint density at radius 1 is 1.16 bits per heavy atom. The Labute approximate surface area is 110 Å². The van der Waals surface area contributed by atoms with Gasteiger partial charge in [0.15, 0.2) is 0 Å².